The van der Waals surface area contributed by atoms with Crippen LogP contribution in [0.15, 0.2) is 24.4 Å². The highest BCUT2D eigenvalue weighted by molar-refractivity contribution is 5.78. The molecule has 27 heavy (non-hydrogen) atoms. The van der Waals surface area contributed by atoms with Gasteiger partial charge in [0.25, 0.3) is 0 Å². The van der Waals surface area contributed by atoms with Crippen molar-refractivity contribution in [2.24, 2.45) is 5.92 Å². The van der Waals surface area contributed by atoms with E-state index in [1.807, 2.05) is 18.2 Å². The molecule has 2 aliphatic heterocycles. The Morgan fingerprint density at radius 3 is 2.48 bits per heavy atom. The molecule has 1 saturated carbocycles. The average Bonchev–Trinajstić information content (AvgIpc) is 3.28. The Hall–Kier alpha value is -1.46. The number of hydrogen-bond acceptors (Lipinski definition) is 4. The molecular formula is C22H34N4O. The van der Waals surface area contributed by atoms with Crippen molar-refractivity contribution in [3.63, 3.8) is 0 Å². The third kappa shape index (κ3) is 4.88. The lowest BCUT2D eigenvalue weighted by molar-refractivity contribution is -0.127. The van der Waals surface area contributed by atoms with Gasteiger partial charge >= 0.3 is 0 Å². The van der Waals surface area contributed by atoms with Crippen molar-refractivity contribution in [3.8, 4) is 0 Å². The second kappa shape index (κ2) is 9.16. The Morgan fingerprint density at radius 2 is 1.74 bits per heavy atom. The minimum atomic E-state index is 0.135. The van der Waals surface area contributed by atoms with E-state index in [9.17, 15) is 4.79 Å². The summed E-state index contributed by atoms with van der Waals surface area (Å²) in [5.74, 6) is 0.337. The fourth-order valence-corrected chi connectivity index (χ4v) is 5.26. The largest absolute Gasteiger partial charge is 0.350 e. The number of carbonyl (C=O) groups excluding carboxylic acids is 1. The van der Waals surface area contributed by atoms with Crippen LogP contribution in [-0.2, 0) is 11.3 Å². The van der Waals surface area contributed by atoms with Gasteiger partial charge in [-0.3, -0.25) is 14.7 Å². The van der Waals surface area contributed by atoms with E-state index in [1.165, 1.54) is 51.6 Å². The molecule has 4 rings (SSSR count). The van der Waals surface area contributed by atoms with E-state index in [1.54, 1.807) is 6.20 Å². The second-order valence-electron chi connectivity index (χ2n) is 8.58. The topological polar surface area (TPSA) is 48.5 Å². The van der Waals surface area contributed by atoms with E-state index in [0.717, 1.165) is 37.7 Å². The van der Waals surface area contributed by atoms with E-state index >= 15 is 0 Å². The van der Waals surface area contributed by atoms with Crippen molar-refractivity contribution in [2.75, 3.05) is 26.2 Å². The zero-order valence-corrected chi connectivity index (χ0v) is 16.5. The molecule has 5 heteroatoms. The van der Waals surface area contributed by atoms with Crippen molar-refractivity contribution < 1.29 is 4.79 Å². The molecule has 3 fully saturated rings. The predicted octanol–water partition coefficient (Wildman–Crippen LogP) is 2.82. The number of carbonyl (C=O) groups is 1. The first-order valence-corrected chi connectivity index (χ1v) is 11.0. The molecule has 1 aromatic heterocycles. The fraction of sp³-hybridized carbons (Fsp3) is 0.727. The maximum absolute atomic E-state index is 12.7. The molecular weight excluding hydrogens is 336 g/mol. The van der Waals surface area contributed by atoms with Crippen molar-refractivity contribution in [3.05, 3.63) is 30.1 Å². The number of piperidine rings is 2. The highest BCUT2D eigenvalue weighted by Gasteiger charge is 2.33. The van der Waals surface area contributed by atoms with Gasteiger partial charge in [-0.1, -0.05) is 18.9 Å². The average molecular weight is 371 g/mol. The quantitative estimate of drug-likeness (QED) is 0.866. The zero-order valence-electron chi connectivity index (χ0n) is 16.5. The molecule has 0 aromatic carbocycles. The summed E-state index contributed by atoms with van der Waals surface area (Å²) in [6.45, 7) is 5.14. The van der Waals surface area contributed by atoms with Gasteiger partial charge in [-0.25, -0.2) is 0 Å². The molecule has 1 atom stereocenters. The number of nitrogens with zero attached hydrogens (tertiary/aromatic N) is 3. The maximum Gasteiger partial charge on any atom is 0.224 e. The van der Waals surface area contributed by atoms with Crippen LogP contribution in [0.4, 0.5) is 0 Å². The van der Waals surface area contributed by atoms with Crippen LogP contribution in [0.2, 0.25) is 0 Å². The van der Waals surface area contributed by atoms with E-state index in [0.29, 0.717) is 12.6 Å². The third-order valence-electron chi connectivity index (χ3n) is 6.85. The SMILES string of the molecule is O=C(NCc1ccccn1)C1CCCN(C2CCN(C3CCCC3)CC2)C1. The molecule has 1 aromatic rings. The van der Waals surface area contributed by atoms with Crippen LogP contribution in [0.1, 0.15) is 57.1 Å². The molecule has 3 aliphatic rings. The van der Waals surface area contributed by atoms with E-state index < -0.39 is 0 Å². The molecule has 2 saturated heterocycles. The van der Waals surface area contributed by atoms with E-state index in [2.05, 4.69) is 20.1 Å². The summed E-state index contributed by atoms with van der Waals surface area (Å²) in [6.07, 6.45) is 12.2. The van der Waals surface area contributed by atoms with Gasteiger partial charge in [-0.05, 0) is 70.3 Å². The molecule has 1 N–H and O–H groups in total. The van der Waals surface area contributed by atoms with Crippen molar-refractivity contribution >= 4 is 5.91 Å². The maximum atomic E-state index is 12.7. The number of pyridine rings is 1. The summed E-state index contributed by atoms with van der Waals surface area (Å²) in [4.78, 5) is 22.3. The van der Waals surface area contributed by atoms with Crippen LogP contribution in [0.3, 0.4) is 0 Å². The van der Waals surface area contributed by atoms with E-state index in [-0.39, 0.29) is 11.8 Å². The smallest absolute Gasteiger partial charge is 0.224 e. The van der Waals surface area contributed by atoms with Gasteiger partial charge in [-0.15, -0.1) is 0 Å². The van der Waals surface area contributed by atoms with Gasteiger partial charge in [0.2, 0.25) is 5.91 Å². The van der Waals surface area contributed by atoms with Crippen LogP contribution in [0.25, 0.3) is 0 Å². The molecule has 148 valence electrons. The Balaban J connectivity index is 1.23. The third-order valence-corrected chi connectivity index (χ3v) is 6.85. The Morgan fingerprint density at radius 1 is 0.963 bits per heavy atom. The summed E-state index contributed by atoms with van der Waals surface area (Å²) in [5.41, 5.74) is 0.929. The first-order valence-electron chi connectivity index (χ1n) is 11.0. The Bertz CT molecular complexity index is 594. The lowest BCUT2D eigenvalue weighted by Crippen LogP contribution is -2.51. The lowest BCUT2D eigenvalue weighted by Gasteiger charge is -2.43. The Labute approximate surface area is 163 Å². The van der Waals surface area contributed by atoms with Gasteiger partial charge in [-0.2, -0.15) is 0 Å². The molecule has 0 radical (unpaired) electrons. The summed E-state index contributed by atoms with van der Waals surface area (Å²) in [6, 6.07) is 7.37. The Kier molecular flexibility index (Phi) is 6.40. The highest BCUT2D eigenvalue weighted by Crippen LogP contribution is 2.29. The summed E-state index contributed by atoms with van der Waals surface area (Å²) >= 11 is 0. The van der Waals surface area contributed by atoms with Crippen LogP contribution >= 0.6 is 0 Å². The molecule has 1 aliphatic carbocycles. The normalized spacial score (nSPS) is 26.3. The number of nitrogens with one attached hydrogen (secondary N) is 1. The van der Waals surface area contributed by atoms with Crippen molar-refractivity contribution in [1.29, 1.82) is 0 Å². The van der Waals surface area contributed by atoms with Crippen LogP contribution in [-0.4, -0.2) is 59.0 Å². The first-order chi connectivity index (χ1) is 13.3. The van der Waals surface area contributed by atoms with Crippen LogP contribution in [0.5, 0.6) is 0 Å². The molecule has 0 bridgehead atoms. The number of amides is 1. The van der Waals surface area contributed by atoms with Crippen molar-refractivity contribution in [1.82, 2.24) is 20.1 Å². The number of hydrogen-bond donors (Lipinski definition) is 1. The molecule has 5 nitrogen and oxygen atoms in total. The minimum Gasteiger partial charge on any atom is -0.350 e. The highest BCUT2D eigenvalue weighted by atomic mass is 16.1. The lowest BCUT2D eigenvalue weighted by atomic mass is 9.93. The number of rotatable bonds is 5. The van der Waals surface area contributed by atoms with Gasteiger partial charge in [0.05, 0.1) is 18.2 Å². The number of likely N-dealkylation sites (tertiary alicyclic amines) is 2. The standard InChI is InChI=1S/C22H34N4O/c27-22(24-16-19-7-3-4-12-23-19)18-6-5-13-26(17-18)21-10-14-25(15-11-21)20-8-1-2-9-20/h3-4,7,12,18,20-21H,1-2,5-6,8-11,13-17H2,(H,24,27). The van der Waals surface area contributed by atoms with Crippen molar-refractivity contribution in [2.45, 2.75) is 70.0 Å². The zero-order chi connectivity index (χ0) is 18.5. The summed E-state index contributed by atoms with van der Waals surface area (Å²) < 4.78 is 0. The van der Waals surface area contributed by atoms with Gasteiger partial charge in [0.15, 0.2) is 0 Å². The molecule has 1 unspecified atom stereocenters. The van der Waals surface area contributed by atoms with E-state index in [4.69, 9.17) is 0 Å². The molecule has 0 spiro atoms. The van der Waals surface area contributed by atoms with Gasteiger partial charge in [0, 0.05) is 24.8 Å². The summed E-state index contributed by atoms with van der Waals surface area (Å²) in [5, 5.41) is 3.10. The van der Waals surface area contributed by atoms with Gasteiger partial charge in [0.1, 0.15) is 0 Å². The molecule has 1 amide bonds. The number of aromatic nitrogens is 1. The fourth-order valence-electron chi connectivity index (χ4n) is 5.26. The first kappa shape index (κ1) is 18.9. The molecule has 3 heterocycles. The minimum absolute atomic E-state index is 0.135. The summed E-state index contributed by atoms with van der Waals surface area (Å²) in [7, 11) is 0. The van der Waals surface area contributed by atoms with Gasteiger partial charge < -0.3 is 10.2 Å². The predicted molar refractivity (Wildman–Crippen MR) is 107 cm³/mol. The monoisotopic (exact) mass is 370 g/mol. The van der Waals surface area contributed by atoms with Crippen LogP contribution < -0.4 is 5.32 Å². The van der Waals surface area contributed by atoms with Crippen LogP contribution in [0, 0.1) is 5.92 Å². The second-order valence-corrected chi connectivity index (χ2v) is 8.58.